The van der Waals surface area contributed by atoms with Gasteiger partial charge in [0.2, 0.25) is 0 Å². The maximum Gasteiger partial charge on any atom is 0.323 e. The summed E-state index contributed by atoms with van der Waals surface area (Å²) >= 11 is 1.50. The molecule has 2 bridgehead atoms. The fraction of sp³-hybridized carbons (Fsp3) is 0.421. The van der Waals surface area contributed by atoms with Gasteiger partial charge >= 0.3 is 6.03 Å². The minimum absolute atomic E-state index is 0.0952. The van der Waals surface area contributed by atoms with Crippen LogP contribution in [0.1, 0.15) is 30.7 Å². The summed E-state index contributed by atoms with van der Waals surface area (Å²) in [4.78, 5) is 23.9. The molecule has 5 heterocycles. The molecule has 5 rings (SSSR count). The van der Waals surface area contributed by atoms with Crippen LogP contribution in [0.25, 0.3) is 21.6 Å². The van der Waals surface area contributed by atoms with Gasteiger partial charge in [-0.3, -0.25) is 5.32 Å². The topological polar surface area (TPSA) is 110 Å². The Morgan fingerprint density at radius 3 is 2.75 bits per heavy atom. The Morgan fingerprint density at radius 1 is 1.25 bits per heavy atom. The van der Waals surface area contributed by atoms with Crippen molar-refractivity contribution in [3.8, 4) is 10.7 Å². The zero-order valence-electron chi connectivity index (χ0n) is 15.5. The molecule has 2 saturated heterocycles. The second-order valence-corrected chi connectivity index (χ2v) is 8.72. The predicted molar refractivity (Wildman–Crippen MR) is 108 cm³/mol. The first-order chi connectivity index (χ1) is 13.6. The van der Waals surface area contributed by atoms with Gasteiger partial charge in [0.1, 0.15) is 16.5 Å². The molecule has 3 atom stereocenters. The fourth-order valence-corrected chi connectivity index (χ4v) is 4.99. The van der Waals surface area contributed by atoms with Crippen molar-refractivity contribution in [2.45, 2.75) is 50.7 Å². The number of hydrogen-bond acceptors (Lipinski definition) is 7. The number of hydrogen-bond donors (Lipinski definition) is 2. The van der Waals surface area contributed by atoms with Gasteiger partial charge in [0, 0.05) is 35.8 Å². The number of nitrogens with one attached hydrogen (secondary N) is 1. The SMILES string of the molecule is Cc1nnc(-c2ccc3cnc(NC(=O)N4C5CC[C@H]4CC(N)C5)cc3n2)s1. The maximum atomic E-state index is 12.9. The third-order valence-corrected chi connectivity index (χ3v) is 6.42. The highest BCUT2D eigenvalue weighted by atomic mass is 32.1. The van der Waals surface area contributed by atoms with E-state index in [9.17, 15) is 4.79 Å². The highest BCUT2D eigenvalue weighted by Crippen LogP contribution is 2.35. The monoisotopic (exact) mass is 395 g/mol. The molecule has 9 heteroatoms. The number of nitrogens with two attached hydrogens (primary N) is 1. The Labute approximate surface area is 166 Å². The van der Waals surface area contributed by atoms with Gasteiger partial charge in [-0.1, -0.05) is 11.3 Å². The van der Waals surface area contributed by atoms with E-state index in [0.29, 0.717) is 5.82 Å². The minimum atomic E-state index is -0.0952. The van der Waals surface area contributed by atoms with Crippen molar-refractivity contribution in [1.29, 1.82) is 0 Å². The fourth-order valence-electron chi connectivity index (χ4n) is 4.33. The van der Waals surface area contributed by atoms with Crippen molar-refractivity contribution < 1.29 is 4.79 Å². The molecule has 3 aromatic rings. The number of fused-ring (bicyclic) bond motifs is 3. The molecule has 0 aromatic carbocycles. The highest BCUT2D eigenvalue weighted by molar-refractivity contribution is 7.14. The zero-order chi connectivity index (χ0) is 19.3. The van der Waals surface area contributed by atoms with Gasteiger partial charge in [-0.15, -0.1) is 10.2 Å². The van der Waals surface area contributed by atoms with E-state index in [1.165, 1.54) is 11.3 Å². The number of aryl methyl sites for hydroxylation is 1. The summed E-state index contributed by atoms with van der Waals surface area (Å²) in [5.41, 5.74) is 7.64. The van der Waals surface area contributed by atoms with Crippen LogP contribution in [-0.2, 0) is 0 Å². The third-order valence-electron chi connectivity index (χ3n) is 5.56. The molecule has 28 heavy (non-hydrogen) atoms. The number of aromatic nitrogens is 4. The first kappa shape index (κ1) is 17.4. The first-order valence-electron chi connectivity index (χ1n) is 9.49. The van der Waals surface area contributed by atoms with Crippen molar-refractivity contribution in [1.82, 2.24) is 25.1 Å². The third kappa shape index (κ3) is 3.10. The lowest BCUT2D eigenvalue weighted by molar-refractivity contribution is 0.150. The molecule has 0 aliphatic carbocycles. The van der Waals surface area contributed by atoms with E-state index < -0.39 is 0 Å². The molecule has 0 saturated carbocycles. The minimum Gasteiger partial charge on any atom is -0.328 e. The number of anilines is 1. The molecule has 144 valence electrons. The quantitative estimate of drug-likeness (QED) is 0.690. The number of piperidine rings is 1. The number of nitrogens with zero attached hydrogens (tertiary/aromatic N) is 5. The van der Waals surface area contributed by atoms with Crippen molar-refractivity contribution in [3.63, 3.8) is 0 Å². The average molecular weight is 395 g/mol. The molecule has 2 aliphatic heterocycles. The van der Waals surface area contributed by atoms with E-state index in [-0.39, 0.29) is 24.2 Å². The van der Waals surface area contributed by atoms with Gasteiger partial charge in [0.05, 0.1) is 5.52 Å². The van der Waals surface area contributed by atoms with E-state index in [0.717, 1.165) is 52.3 Å². The lowest BCUT2D eigenvalue weighted by Crippen LogP contribution is -2.51. The summed E-state index contributed by atoms with van der Waals surface area (Å²) in [7, 11) is 0. The summed E-state index contributed by atoms with van der Waals surface area (Å²) in [5, 5.41) is 13.8. The predicted octanol–water partition coefficient (Wildman–Crippen LogP) is 2.94. The lowest BCUT2D eigenvalue weighted by atomic mass is 9.99. The van der Waals surface area contributed by atoms with Crippen LogP contribution in [0.2, 0.25) is 0 Å². The van der Waals surface area contributed by atoms with Crippen LogP contribution in [-0.4, -0.2) is 49.2 Å². The standard InChI is InChI=1S/C19H21N7OS/c1-10-24-25-18(28-10)15-5-2-11-9-21-17(8-16(11)22-15)23-19(27)26-13-3-4-14(26)7-12(20)6-13/h2,5,8-9,12-14H,3-4,6-7,20H2,1H3,(H,21,23,27)/t12?,13-,14?/m0/s1. The maximum absolute atomic E-state index is 12.9. The van der Waals surface area contributed by atoms with Crippen LogP contribution in [0.3, 0.4) is 0 Å². The molecule has 0 spiro atoms. The number of carbonyl (C=O) groups is 1. The lowest BCUT2D eigenvalue weighted by Gasteiger charge is -2.37. The van der Waals surface area contributed by atoms with Crippen LogP contribution in [0.4, 0.5) is 10.6 Å². The summed E-state index contributed by atoms with van der Waals surface area (Å²) in [6.45, 7) is 1.92. The number of amides is 2. The van der Waals surface area contributed by atoms with Crippen molar-refractivity contribution in [2.75, 3.05) is 5.32 Å². The molecule has 2 aliphatic rings. The number of urea groups is 1. The second kappa shape index (κ2) is 6.75. The molecule has 2 amide bonds. The van der Waals surface area contributed by atoms with E-state index in [1.807, 2.05) is 30.0 Å². The van der Waals surface area contributed by atoms with Crippen LogP contribution in [0.15, 0.2) is 24.4 Å². The van der Waals surface area contributed by atoms with E-state index in [2.05, 4.69) is 25.5 Å². The number of pyridine rings is 2. The Hall–Kier alpha value is -2.65. The summed E-state index contributed by atoms with van der Waals surface area (Å²) in [6.07, 6.45) is 5.54. The summed E-state index contributed by atoms with van der Waals surface area (Å²) < 4.78 is 0. The molecular weight excluding hydrogens is 374 g/mol. The van der Waals surface area contributed by atoms with Gasteiger partial charge in [-0.2, -0.15) is 0 Å². The molecular formula is C19H21N7OS. The Bertz CT molecular complexity index is 1040. The van der Waals surface area contributed by atoms with E-state index in [1.54, 1.807) is 6.20 Å². The average Bonchev–Trinajstić information content (AvgIpc) is 3.22. The normalized spacial score (nSPS) is 23.9. The molecule has 3 aromatic heterocycles. The second-order valence-electron chi connectivity index (χ2n) is 7.54. The van der Waals surface area contributed by atoms with Gasteiger partial charge in [0.15, 0.2) is 5.01 Å². The van der Waals surface area contributed by atoms with Crippen LogP contribution < -0.4 is 11.1 Å². The summed E-state index contributed by atoms with van der Waals surface area (Å²) in [6, 6.07) is 6.26. The Balaban J connectivity index is 1.39. The highest BCUT2D eigenvalue weighted by Gasteiger charge is 2.42. The Morgan fingerprint density at radius 2 is 2.04 bits per heavy atom. The van der Waals surface area contributed by atoms with Crippen LogP contribution in [0, 0.1) is 6.92 Å². The van der Waals surface area contributed by atoms with Gasteiger partial charge in [-0.25, -0.2) is 14.8 Å². The Kier molecular flexibility index (Phi) is 4.21. The van der Waals surface area contributed by atoms with E-state index >= 15 is 0 Å². The van der Waals surface area contributed by atoms with Crippen LogP contribution >= 0.6 is 11.3 Å². The van der Waals surface area contributed by atoms with Gasteiger partial charge < -0.3 is 10.6 Å². The largest absolute Gasteiger partial charge is 0.328 e. The van der Waals surface area contributed by atoms with Crippen molar-refractivity contribution in [3.05, 3.63) is 29.4 Å². The van der Waals surface area contributed by atoms with E-state index in [4.69, 9.17) is 5.73 Å². The van der Waals surface area contributed by atoms with Crippen molar-refractivity contribution >= 4 is 34.1 Å². The smallest absolute Gasteiger partial charge is 0.323 e. The summed E-state index contributed by atoms with van der Waals surface area (Å²) in [5.74, 6) is 0.505. The molecule has 2 unspecified atom stereocenters. The first-order valence-corrected chi connectivity index (χ1v) is 10.3. The molecule has 2 fully saturated rings. The number of rotatable bonds is 2. The molecule has 3 N–H and O–H groups in total. The number of carbonyl (C=O) groups excluding carboxylic acids is 1. The van der Waals surface area contributed by atoms with Crippen LogP contribution in [0.5, 0.6) is 0 Å². The zero-order valence-corrected chi connectivity index (χ0v) is 16.3. The van der Waals surface area contributed by atoms with Gasteiger partial charge in [-0.05, 0) is 44.7 Å². The molecule has 0 radical (unpaired) electrons. The molecule has 8 nitrogen and oxygen atoms in total. The van der Waals surface area contributed by atoms with Gasteiger partial charge in [0.25, 0.3) is 0 Å². The van der Waals surface area contributed by atoms with Crippen molar-refractivity contribution in [2.24, 2.45) is 5.73 Å².